The van der Waals surface area contributed by atoms with E-state index in [2.05, 4.69) is 50.8 Å². The van der Waals surface area contributed by atoms with Crippen LogP contribution in [0.2, 0.25) is 0 Å². The molecule has 0 atom stereocenters. The lowest BCUT2D eigenvalue weighted by atomic mass is 9.90. The van der Waals surface area contributed by atoms with E-state index in [9.17, 15) is 5.11 Å². The Bertz CT molecular complexity index is 821. The Morgan fingerprint density at radius 2 is 1.42 bits per heavy atom. The third-order valence-electron chi connectivity index (χ3n) is 5.26. The van der Waals surface area contributed by atoms with Gasteiger partial charge in [-0.15, -0.1) is 0 Å². The summed E-state index contributed by atoms with van der Waals surface area (Å²) < 4.78 is 2.09. The van der Waals surface area contributed by atoms with Crippen LogP contribution in [0.15, 0.2) is 73.1 Å². The Morgan fingerprint density at radius 3 is 2.04 bits per heavy atom. The van der Waals surface area contributed by atoms with Crippen LogP contribution in [-0.2, 0) is 18.7 Å². The molecule has 0 saturated carbocycles. The molecule has 1 aromatic heterocycles. The zero-order valence-electron chi connectivity index (χ0n) is 15.0. The van der Waals surface area contributed by atoms with E-state index in [0.29, 0.717) is 12.8 Å². The zero-order valence-corrected chi connectivity index (χ0v) is 15.0. The van der Waals surface area contributed by atoms with Crippen molar-refractivity contribution in [2.75, 3.05) is 13.1 Å². The van der Waals surface area contributed by atoms with E-state index in [0.717, 1.165) is 32.0 Å². The SMILES string of the molecule is OC1(c2nccn2Cc2ccccc2)CCN(Cc2ccccc2)CC1. The first-order valence-electron chi connectivity index (χ1n) is 9.27. The predicted octanol–water partition coefficient (Wildman–Crippen LogP) is 3.42. The largest absolute Gasteiger partial charge is 0.382 e. The fourth-order valence-corrected chi connectivity index (χ4v) is 3.77. The van der Waals surface area contributed by atoms with Gasteiger partial charge in [-0.1, -0.05) is 60.7 Å². The first kappa shape index (κ1) is 17.0. The number of hydrogen-bond acceptors (Lipinski definition) is 3. The maximum atomic E-state index is 11.3. The molecule has 0 bridgehead atoms. The Labute approximate surface area is 154 Å². The molecule has 2 heterocycles. The molecular weight excluding hydrogens is 322 g/mol. The molecule has 0 amide bonds. The van der Waals surface area contributed by atoms with Gasteiger partial charge < -0.3 is 9.67 Å². The third kappa shape index (κ3) is 3.71. The van der Waals surface area contributed by atoms with Crippen LogP contribution in [0.1, 0.15) is 29.8 Å². The highest BCUT2D eigenvalue weighted by molar-refractivity contribution is 5.18. The molecule has 0 unspecified atom stereocenters. The van der Waals surface area contributed by atoms with Crippen LogP contribution in [0, 0.1) is 0 Å². The normalized spacial score (nSPS) is 17.3. The van der Waals surface area contributed by atoms with Gasteiger partial charge in [-0.3, -0.25) is 4.90 Å². The Balaban J connectivity index is 1.43. The fraction of sp³-hybridized carbons (Fsp3) is 0.318. The Hall–Kier alpha value is -2.43. The van der Waals surface area contributed by atoms with Gasteiger partial charge in [-0.25, -0.2) is 4.98 Å². The summed E-state index contributed by atoms with van der Waals surface area (Å²) in [6, 6.07) is 20.9. The predicted molar refractivity (Wildman–Crippen MR) is 103 cm³/mol. The lowest BCUT2D eigenvalue weighted by Crippen LogP contribution is -2.43. The maximum absolute atomic E-state index is 11.3. The fourth-order valence-electron chi connectivity index (χ4n) is 3.77. The quantitative estimate of drug-likeness (QED) is 0.769. The molecule has 0 spiro atoms. The summed E-state index contributed by atoms with van der Waals surface area (Å²) >= 11 is 0. The molecule has 4 heteroatoms. The molecule has 0 aliphatic carbocycles. The van der Waals surface area contributed by atoms with E-state index < -0.39 is 5.60 Å². The number of nitrogens with zero attached hydrogens (tertiary/aromatic N) is 3. The van der Waals surface area contributed by atoms with Gasteiger partial charge >= 0.3 is 0 Å². The smallest absolute Gasteiger partial charge is 0.141 e. The number of piperidine rings is 1. The van der Waals surface area contributed by atoms with E-state index in [4.69, 9.17) is 0 Å². The van der Waals surface area contributed by atoms with Crippen molar-refractivity contribution in [3.63, 3.8) is 0 Å². The minimum atomic E-state index is -0.842. The van der Waals surface area contributed by atoms with Crippen LogP contribution in [0.5, 0.6) is 0 Å². The molecule has 2 aromatic carbocycles. The summed E-state index contributed by atoms with van der Waals surface area (Å²) in [5.74, 6) is 0.792. The lowest BCUT2D eigenvalue weighted by molar-refractivity contribution is -0.0369. The van der Waals surface area contributed by atoms with Crippen molar-refractivity contribution >= 4 is 0 Å². The maximum Gasteiger partial charge on any atom is 0.141 e. The second-order valence-corrected chi connectivity index (χ2v) is 7.16. The number of hydrogen-bond donors (Lipinski definition) is 1. The van der Waals surface area contributed by atoms with Crippen molar-refractivity contribution in [1.82, 2.24) is 14.5 Å². The number of benzene rings is 2. The first-order valence-corrected chi connectivity index (χ1v) is 9.27. The minimum Gasteiger partial charge on any atom is -0.382 e. The van der Waals surface area contributed by atoms with Crippen molar-refractivity contribution in [2.24, 2.45) is 0 Å². The number of aliphatic hydroxyl groups is 1. The third-order valence-corrected chi connectivity index (χ3v) is 5.26. The molecule has 1 aliphatic heterocycles. The summed E-state index contributed by atoms with van der Waals surface area (Å²) in [6.07, 6.45) is 5.19. The molecule has 0 radical (unpaired) electrons. The monoisotopic (exact) mass is 347 g/mol. The highest BCUT2D eigenvalue weighted by Crippen LogP contribution is 2.32. The topological polar surface area (TPSA) is 41.3 Å². The second kappa shape index (κ2) is 7.44. The molecule has 1 fully saturated rings. The van der Waals surface area contributed by atoms with Crippen molar-refractivity contribution in [2.45, 2.75) is 31.5 Å². The molecular formula is C22H25N3O. The highest BCUT2D eigenvalue weighted by Gasteiger charge is 2.37. The van der Waals surface area contributed by atoms with Gasteiger partial charge in [0.25, 0.3) is 0 Å². The molecule has 26 heavy (non-hydrogen) atoms. The summed E-state index contributed by atoms with van der Waals surface area (Å²) in [5.41, 5.74) is 1.70. The molecule has 1 aliphatic rings. The van der Waals surface area contributed by atoms with Crippen molar-refractivity contribution in [3.05, 3.63) is 90.0 Å². The van der Waals surface area contributed by atoms with Crippen LogP contribution < -0.4 is 0 Å². The standard InChI is InChI=1S/C22H25N3O/c26-22(11-14-24(15-12-22)17-19-7-3-1-4-8-19)21-23-13-16-25(21)18-20-9-5-2-6-10-20/h1-10,13,16,26H,11-12,14-15,17-18H2. The van der Waals surface area contributed by atoms with Crippen molar-refractivity contribution in [3.8, 4) is 0 Å². The first-order chi connectivity index (χ1) is 12.7. The Morgan fingerprint density at radius 1 is 0.846 bits per heavy atom. The molecule has 3 aromatic rings. The van der Waals surface area contributed by atoms with Gasteiger partial charge in [0.2, 0.25) is 0 Å². The molecule has 134 valence electrons. The average Bonchev–Trinajstić information content (AvgIpc) is 3.15. The lowest BCUT2D eigenvalue weighted by Gasteiger charge is -2.38. The van der Waals surface area contributed by atoms with Gasteiger partial charge in [0.1, 0.15) is 11.4 Å². The van der Waals surface area contributed by atoms with Crippen LogP contribution >= 0.6 is 0 Å². The van der Waals surface area contributed by atoms with Gasteiger partial charge in [0.15, 0.2) is 0 Å². The number of rotatable bonds is 5. The number of likely N-dealkylation sites (tertiary alicyclic amines) is 1. The van der Waals surface area contributed by atoms with Gasteiger partial charge in [0, 0.05) is 38.6 Å². The van der Waals surface area contributed by atoms with Crippen molar-refractivity contribution < 1.29 is 5.11 Å². The summed E-state index contributed by atoms with van der Waals surface area (Å²) in [7, 11) is 0. The van der Waals surface area contributed by atoms with E-state index >= 15 is 0 Å². The molecule has 4 rings (SSSR count). The van der Waals surface area contributed by atoms with Gasteiger partial charge in [-0.2, -0.15) is 0 Å². The zero-order chi connectivity index (χ0) is 17.8. The van der Waals surface area contributed by atoms with Crippen LogP contribution in [0.25, 0.3) is 0 Å². The molecule has 4 nitrogen and oxygen atoms in total. The van der Waals surface area contributed by atoms with Crippen LogP contribution in [0.3, 0.4) is 0 Å². The summed E-state index contributed by atoms with van der Waals surface area (Å²) in [5, 5.41) is 11.3. The van der Waals surface area contributed by atoms with E-state index in [1.54, 1.807) is 6.20 Å². The number of aromatic nitrogens is 2. The molecule has 1 N–H and O–H groups in total. The summed E-state index contributed by atoms with van der Waals surface area (Å²) in [6.45, 7) is 3.44. The Kier molecular flexibility index (Phi) is 4.87. The minimum absolute atomic E-state index is 0.714. The highest BCUT2D eigenvalue weighted by atomic mass is 16.3. The molecule has 1 saturated heterocycles. The average molecular weight is 347 g/mol. The van der Waals surface area contributed by atoms with Gasteiger partial charge in [-0.05, 0) is 24.0 Å². The summed E-state index contributed by atoms with van der Waals surface area (Å²) in [4.78, 5) is 6.92. The van der Waals surface area contributed by atoms with E-state index in [1.807, 2.05) is 30.5 Å². The second-order valence-electron chi connectivity index (χ2n) is 7.16. The van der Waals surface area contributed by atoms with E-state index in [1.165, 1.54) is 11.1 Å². The van der Waals surface area contributed by atoms with Crippen LogP contribution in [-0.4, -0.2) is 32.6 Å². The van der Waals surface area contributed by atoms with Crippen molar-refractivity contribution in [1.29, 1.82) is 0 Å². The van der Waals surface area contributed by atoms with Gasteiger partial charge in [0.05, 0.1) is 0 Å². The van der Waals surface area contributed by atoms with Crippen LogP contribution in [0.4, 0.5) is 0 Å². The van der Waals surface area contributed by atoms with E-state index in [-0.39, 0.29) is 0 Å². The number of imidazole rings is 1.